The van der Waals surface area contributed by atoms with E-state index in [1.807, 2.05) is 6.92 Å². The van der Waals surface area contributed by atoms with Crippen LogP contribution in [0.2, 0.25) is 0 Å². The predicted molar refractivity (Wildman–Crippen MR) is 41.3 cm³/mol. The Hall–Kier alpha value is -1.26. The van der Waals surface area contributed by atoms with Gasteiger partial charge in [0.05, 0.1) is 12.5 Å². The fourth-order valence-electron chi connectivity index (χ4n) is 0.594. The second-order valence-corrected chi connectivity index (χ2v) is 2.34. The van der Waals surface area contributed by atoms with Gasteiger partial charge < -0.3 is 20.5 Å². The first-order valence-electron chi connectivity index (χ1n) is 3.88. The molecule has 2 amide bonds. The molecule has 0 aliphatic carbocycles. The van der Waals surface area contributed by atoms with Gasteiger partial charge in [0.25, 0.3) is 0 Å². The molecule has 2 N–H and O–H groups in total. The summed E-state index contributed by atoms with van der Waals surface area (Å²) in [6, 6.07) is -0.465. The summed E-state index contributed by atoms with van der Waals surface area (Å²) in [4.78, 5) is 20.6. The summed E-state index contributed by atoms with van der Waals surface area (Å²) in [6.45, 7) is 2.12. The molecule has 0 radical (unpaired) electrons. The SMILES string of the molecule is CCCCNC(=O)NCC(=O)[O-]. The van der Waals surface area contributed by atoms with Crippen LogP contribution in [0.1, 0.15) is 19.8 Å². The summed E-state index contributed by atoms with van der Waals surface area (Å²) in [5, 5.41) is 14.5. The molecule has 0 saturated heterocycles. The van der Waals surface area contributed by atoms with E-state index in [9.17, 15) is 14.7 Å². The number of carbonyl (C=O) groups is 2. The second-order valence-electron chi connectivity index (χ2n) is 2.34. The Balaban J connectivity index is 3.28. The van der Waals surface area contributed by atoms with Gasteiger partial charge in [-0.2, -0.15) is 0 Å². The molecule has 0 fully saturated rings. The highest BCUT2D eigenvalue weighted by Crippen LogP contribution is 1.81. The smallest absolute Gasteiger partial charge is 0.315 e. The molecule has 0 aromatic rings. The van der Waals surface area contributed by atoms with E-state index in [0.29, 0.717) is 6.54 Å². The number of carboxylic acids is 1. The number of hydrogen-bond acceptors (Lipinski definition) is 3. The molecule has 0 spiro atoms. The number of rotatable bonds is 5. The van der Waals surface area contributed by atoms with Crippen LogP contribution in [0.5, 0.6) is 0 Å². The Morgan fingerprint density at radius 3 is 2.50 bits per heavy atom. The number of amides is 2. The molecule has 0 aliphatic rings. The number of hydrogen-bond donors (Lipinski definition) is 2. The van der Waals surface area contributed by atoms with Crippen molar-refractivity contribution < 1.29 is 14.7 Å². The fraction of sp³-hybridized carbons (Fsp3) is 0.714. The first-order chi connectivity index (χ1) is 5.66. The zero-order chi connectivity index (χ0) is 9.40. The number of carboxylic acid groups (broad SMARTS) is 1. The Bertz CT molecular complexity index is 159. The van der Waals surface area contributed by atoms with Crippen molar-refractivity contribution in [3.63, 3.8) is 0 Å². The summed E-state index contributed by atoms with van der Waals surface area (Å²) in [5.74, 6) is -1.29. The van der Waals surface area contributed by atoms with Crippen LogP contribution in [-0.4, -0.2) is 25.1 Å². The Kier molecular flexibility index (Phi) is 5.77. The van der Waals surface area contributed by atoms with Gasteiger partial charge in [-0.05, 0) is 6.42 Å². The van der Waals surface area contributed by atoms with Gasteiger partial charge in [0.2, 0.25) is 0 Å². The highest BCUT2D eigenvalue weighted by Gasteiger charge is 1.96. The van der Waals surface area contributed by atoms with Gasteiger partial charge in [-0.15, -0.1) is 0 Å². The quantitative estimate of drug-likeness (QED) is 0.514. The van der Waals surface area contributed by atoms with Gasteiger partial charge in [0, 0.05) is 6.54 Å². The van der Waals surface area contributed by atoms with Crippen LogP contribution in [0.3, 0.4) is 0 Å². The van der Waals surface area contributed by atoms with Gasteiger partial charge in [0.1, 0.15) is 0 Å². The maximum absolute atomic E-state index is 10.7. The zero-order valence-corrected chi connectivity index (χ0v) is 7.05. The predicted octanol–water partition coefficient (Wildman–Crippen LogP) is -1.16. The molecule has 0 aromatic carbocycles. The van der Waals surface area contributed by atoms with Gasteiger partial charge >= 0.3 is 6.03 Å². The Morgan fingerprint density at radius 1 is 1.33 bits per heavy atom. The summed E-state index contributed by atoms with van der Waals surface area (Å²) >= 11 is 0. The Labute approximate surface area is 71.1 Å². The summed E-state index contributed by atoms with van der Waals surface area (Å²) in [7, 11) is 0. The van der Waals surface area contributed by atoms with E-state index >= 15 is 0 Å². The van der Waals surface area contributed by atoms with Crippen molar-refractivity contribution >= 4 is 12.0 Å². The van der Waals surface area contributed by atoms with Crippen molar-refractivity contribution in [3.05, 3.63) is 0 Å². The summed E-state index contributed by atoms with van der Waals surface area (Å²) in [5.41, 5.74) is 0. The molecule has 0 saturated carbocycles. The van der Waals surface area contributed by atoms with Gasteiger partial charge in [-0.25, -0.2) is 4.79 Å². The van der Waals surface area contributed by atoms with Crippen molar-refractivity contribution in [1.82, 2.24) is 10.6 Å². The molecule has 12 heavy (non-hydrogen) atoms. The standard InChI is InChI=1S/C7H14N2O3/c1-2-3-4-8-7(12)9-5-6(10)11/h2-5H2,1H3,(H,10,11)(H2,8,9,12)/p-1. The van der Waals surface area contributed by atoms with Crippen LogP contribution < -0.4 is 15.7 Å². The molecule has 0 rings (SSSR count). The minimum absolute atomic E-state index is 0.446. The maximum Gasteiger partial charge on any atom is 0.315 e. The van der Waals surface area contributed by atoms with Crippen molar-refractivity contribution in [2.45, 2.75) is 19.8 Å². The molecule has 0 aromatic heterocycles. The largest absolute Gasteiger partial charge is 0.548 e. The van der Waals surface area contributed by atoms with Crippen molar-refractivity contribution in [2.24, 2.45) is 0 Å². The van der Waals surface area contributed by atoms with E-state index in [0.717, 1.165) is 12.8 Å². The van der Waals surface area contributed by atoms with Crippen LogP contribution >= 0.6 is 0 Å². The van der Waals surface area contributed by atoms with E-state index in [-0.39, 0.29) is 0 Å². The average molecular weight is 173 g/mol. The topological polar surface area (TPSA) is 81.3 Å². The molecule has 5 nitrogen and oxygen atoms in total. The van der Waals surface area contributed by atoms with Gasteiger partial charge in [-0.3, -0.25) is 0 Å². The number of aliphatic carboxylic acids is 1. The van der Waals surface area contributed by atoms with Crippen LogP contribution in [0, 0.1) is 0 Å². The third-order valence-electron chi connectivity index (χ3n) is 1.21. The maximum atomic E-state index is 10.7. The van der Waals surface area contributed by atoms with E-state index in [1.165, 1.54) is 0 Å². The normalized spacial score (nSPS) is 9.08. The van der Waals surface area contributed by atoms with E-state index < -0.39 is 18.5 Å². The molecule has 70 valence electrons. The minimum Gasteiger partial charge on any atom is -0.548 e. The number of carbonyl (C=O) groups excluding carboxylic acids is 2. The number of urea groups is 1. The molecule has 0 aliphatic heterocycles. The average Bonchev–Trinajstić information content (AvgIpc) is 2.01. The fourth-order valence-corrected chi connectivity index (χ4v) is 0.594. The third-order valence-corrected chi connectivity index (χ3v) is 1.21. The van der Waals surface area contributed by atoms with Crippen LogP contribution in [0.15, 0.2) is 0 Å². The van der Waals surface area contributed by atoms with Crippen molar-refractivity contribution in [2.75, 3.05) is 13.1 Å². The third kappa shape index (κ3) is 6.85. The van der Waals surface area contributed by atoms with Crippen molar-refractivity contribution in [3.8, 4) is 0 Å². The molecular formula is C7H13N2O3-. The molecule has 0 bridgehead atoms. The zero-order valence-electron chi connectivity index (χ0n) is 7.05. The molecular weight excluding hydrogens is 160 g/mol. The summed E-state index contributed by atoms with van der Waals surface area (Å²) < 4.78 is 0. The highest BCUT2D eigenvalue weighted by atomic mass is 16.4. The lowest BCUT2D eigenvalue weighted by Gasteiger charge is -2.06. The van der Waals surface area contributed by atoms with E-state index in [2.05, 4.69) is 10.6 Å². The first-order valence-corrected chi connectivity index (χ1v) is 3.88. The monoisotopic (exact) mass is 173 g/mol. The second kappa shape index (κ2) is 6.45. The summed E-state index contributed by atoms with van der Waals surface area (Å²) in [6.07, 6.45) is 1.87. The molecule has 0 unspecified atom stereocenters. The lowest BCUT2D eigenvalue weighted by molar-refractivity contribution is -0.303. The lowest BCUT2D eigenvalue weighted by atomic mass is 10.3. The van der Waals surface area contributed by atoms with Crippen molar-refractivity contribution in [1.29, 1.82) is 0 Å². The van der Waals surface area contributed by atoms with E-state index in [1.54, 1.807) is 0 Å². The lowest BCUT2D eigenvalue weighted by Crippen LogP contribution is -2.42. The molecule has 0 heterocycles. The molecule has 5 heteroatoms. The highest BCUT2D eigenvalue weighted by molar-refractivity contribution is 5.78. The van der Waals surface area contributed by atoms with Crippen LogP contribution in [0.4, 0.5) is 4.79 Å². The van der Waals surface area contributed by atoms with Gasteiger partial charge in [0.15, 0.2) is 0 Å². The minimum atomic E-state index is -1.29. The van der Waals surface area contributed by atoms with E-state index in [4.69, 9.17) is 0 Å². The molecule has 0 atom stereocenters. The van der Waals surface area contributed by atoms with Gasteiger partial charge in [-0.1, -0.05) is 13.3 Å². The first kappa shape index (κ1) is 10.7. The Morgan fingerprint density at radius 2 is 2.00 bits per heavy atom. The van der Waals surface area contributed by atoms with Crippen LogP contribution in [0.25, 0.3) is 0 Å². The number of unbranched alkanes of at least 4 members (excludes halogenated alkanes) is 1. The number of nitrogens with one attached hydrogen (secondary N) is 2. The van der Waals surface area contributed by atoms with Crippen LogP contribution in [-0.2, 0) is 4.79 Å².